The van der Waals surface area contributed by atoms with E-state index >= 15 is 0 Å². The fraction of sp³-hybridized carbons (Fsp3) is 0.160. The van der Waals surface area contributed by atoms with Gasteiger partial charge in [-0.25, -0.2) is 13.6 Å². The first-order chi connectivity index (χ1) is 15.7. The van der Waals surface area contributed by atoms with Gasteiger partial charge in [-0.3, -0.25) is 9.78 Å². The molecule has 0 bridgehead atoms. The van der Waals surface area contributed by atoms with Crippen LogP contribution in [0.3, 0.4) is 0 Å². The molecule has 33 heavy (non-hydrogen) atoms. The average molecular weight is 450 g/mol. The molecule has 0 radical (unpaired) electrons. The van der Waals surface area contributed by atoms with Crippen LogP contribution in [0.2, 0.25) is 0 Å². The quantitative estimate of drug-likeness (QED) is 0.410. The van der Waals surface area contributed by atoms with Crippen LogP contribution in [0.15, 0.2) is 58.0 Å². The second-order valence-electron chi connectivity index (χ2n) is 7.81. The van der Waals surface area contributed by atoms with Crippen molar-refractivity contribution in [3.05, 3.63) is 92.9 Å². The summed E-state index contributed by atoms with van der Waals surface area (Å²) in [7, 11) is 0. The van der Waals surface area contributed by atoms with Gasteiger partial charge in [-0.15, -0.1) is 0 Å². The van der Waals surface area contributed by atoms with Crippen LogP contribution in [0.1, 0.15) is 40.0 Å². The first kappa shape index (κ1) is 22.1. The summed E-state index contributed by atoms with van der Waals surface area (Å²) >= 11 is 0. The molecule has 0 amide bonds. The Morgan fingerprint density at radius 3 is 2.61 bits per heavy atom. The van der Waals surface area contributed by atoms with Crippen molar-refractivity contribution in [3.8, 4) is 11.3 Å². The summed E-state index contributed by atoms with van der Waals surface area (Å²) in [6.07, 6.45) is 3.20. The molecule has 1 atom stereocenters. The summed E-state index contributed by atoms with van der Waals surface area (Å²) in [5, 5.41) is 12.7. The molecule has 0 saturated carbocycles. The van der Waals surface area contributed by atoms with Crippen molar-refractivity contribution in [1.29, 1.82) is 0 Å². The van der Waals surface area contributed by atoms with Crippen molar-refractivity contribution in [2.45, 2.75) is 26.8 Å². The molecule has 0 spiro atoms. The maximum atomic E-state index is 14.2. The summed E-state index contributed by atoms with van der Waals surface area (Å²) < 4.78 is 34.0. The highest BCUT2D eigenvalue weighted by atomic mass is 19.2. The summed E-state index contributed by atoms with van der Waals surface area (Å²) in [5.74, 6) is -3.93. The van der Waals surface area contributed by atoms with Crippen molar-refractivity contribution in [3.63, 3.8) is 0 Å². The number of pyridine rings is 1. The Balaban J connectivity index is 1.90. The maximum Gasteiger partial charge on any atom is 0.340 e. The van der Waals surface area contributed by atoms with Crippen LogP contribution in [0.25, 0.3) is 22.3 Å². The number of aromatic nitrogens is 1. The van der Waals surface area contributed by atoms with E-state index in [9.17, 15) is 23.5 Å². The lowest BCUT2D eigenvalue weighted by Gasteiger charge is -2.20. The van der Waals surface area contributed by atoms with Gasteiger partial charge >= 0.3 is 5.97 Å². The maximum absolute atomic E-state index is 14.2. The number of fused-ring (bicyclic) bond motifs is 1. The van der Waals surface area contributed by atoms with Gasteiger partial charge in [-0.1, -0.05) is 6.07 Å². The number of nitrogens with zero attached hydrogens (tertiary/aromatic N) is 1. The van der Waals surface area contributed by atoms with Crippen molar-refractivity contribution in [2.75, 3.05) is 5.32 Å². The molecule has 2 aromatic carbocycles. The minimum Gasteiger partial charge on any atom is -0.478 e. The Hall–Kier alpha value is -4.07. The molecule has 6 nitrogen and oxygen atoms in total. The molecule has 2 heterocycles. The number of anilines is 1. The number of aromatic carboxylic acids is 1. The van der Waals surface area contributed by atoms with Gasteiger partial charge in [-0.2, -0.15) is 0 Å². The predicted molar refractivity (Wildman–Crippen MR) is 121 cm³/mol. The highest BCUT2D eigenvalue weighted by Crippen LogP contribution is 2.33. The van der Waals surface area contributed by atoms with E-state index in [1.807, 2.05) is 6.92 Å². The number of carbonyl (C=O) groups is 1. The zero-order chi connectivity index (χ0) is 23.9. The van der Waals surface area contributed by atoms with Crippen molar-refractivity contribution in [1.82, 2.24) is 4.98 Å². The topological polar surface area (TPSA) is 92.4 Å². The lowest BCUT2D eigenvalue weighted by molar-refractivity contribution is 0.0691. The summed E-state index contributed by atoms with van der Waals surface area (Å²) in [5.41, 5.74) is 1.64. The minimum absolute atomic E-state index is 0.0921. The lowest BCUT2D eigenvalue weighted by Crippen LogP contribution is -2.15. The van der Waals surface area contributed by atoms with Crippen molar-refractivity contribution < 1.29 is 23.1 Å². The SMILES string of the molecule is Cc1cc([C@@H](C)Nc2ccc(F)c(F)c2C(=O)O)c2oc(-c3cccnc3)c(C)c(=O)c2c1. The Labute approximate surface area is 187 Å². The van der Waals surface area contributed by atoms with E-state index < -0.39 is 29.2 Å². The van der Waals surface area contributed by atoms with E-state index in [0.717, 1.165) is 17.7 Å². The van der Waals surface area contributed by atoms with Gasteiger partial charge in [-0.05, 0) is 56.7 Å². The van der Waals surface area contributed by atoms with Crippen molar-refractivity contribution in [2.24, 2.45) is 0 Å². The van der Waals surface area contributed by atoms with Gasteiger partial charge in [0.05, 0.1) is 17.1 Å². The van der Waals surface area contributed by atoms with Crippen LogP contribution >= 0.6 is 0 Å². The second-order valence-corrected chi connectivity index (χ2v) is 7.81. The molecule has 4 aromatic rings. The van der Waals surface area contributed by atoms with Crippen LogP contribution in [-0.4, -0.2) is 16.1 Å². The van der Waals surface area contributed by atoms with E-state index in [4.69, 9.17) is 4.42 Å². The molecule has 0 saturated heterocycles. The van der Waals surface area contributed by atoms with Crippen LogP contribution in [-0.2, 0) is 0 Å². The molecule has 0 aliphatic heterocycles. The molecular formula is C25H20F2N2O4. The van der Waals surface area contributed by atoms with Gasteiger partial charge in [0.1, 0.15) is 16.9 Å². The highest BCUT2D eigenvalue weighted by Gasteiger charge is 2.23. The van der Waals surface area contributed by atoms with Crippen LogP contribution in [0, 0.1) is 25.5 Å². The van der Waals surface area contributed by atoms with E-state index in [1.54, 1.807) is 50.5 Å². The smallest absolute Gasteiger partial charge is 0.340 e. The minimum atomic E-state index is -1.60. The molecule has 2 aromatic heterocycles. The molecule has 168 valence electrons. The molecular weight excluding hydrogens is 430 g/mol. The largest absolute Gasteiger partial charge is 0.478 e. The van der Waals surface area contributed by atoms with Crippen LogP contribution in [0.5, 0.6) is 0 Å². The van der Waals surface area contributed by atoms with Gasteiger partial charge in [0.15, 0.2) is 17.1 Å². The molecule has 2 N–H and O–H groups in total. The lowest BCUT2D eigenvalue weighted by atomic mass is 9.98. The fourth-order valence-electron chi connectivity index (χ4n) is 3.85. The predicted octanol–water partition coefficient (Wildman–Crippen LogP) is 5.62. The van der Waals surface area contributed by atoms with Crippen LogP contribution < -0.4 is 10.7 Å². The fourth-order valence-corrected chi connectivity index (χ4v) is 3.85. The monoisotopic (exact) mass is 450 g/mol. The summed E-state index contributed by atoms with van der Waals surface area (Å²) in [6, 6.07) is 8.44. The number of hydrogen-bond donors (Lipinski definition) is 2. The molecule has 0 fully saturated rings. The molecule has 0 aliphatic carbocycles. The first-order valence-corrected chi connectivity index (χ1v) is 10.1. The zero-order valence-corrected chi connectivity index (χ0v) is 18.1. The normalized spacial score (nSPS) is 12.0. The average Bonchev–Trinajstić information content (AvgIpc) is 2.79. The Kier molecular flexibility index (Phi) is 5.68. The third kappa shape index (κ3) is 3.95. The van der Waals surface area contributed by atoms with Gasteiger partial charge in [0.25, 0.3) is 0 Å². The number of hydrogen-bond acceptors (Lipinski definition) is 5. The summed E-state index contributed by atoms with van der Waals surface area (Å²) in [4.78, 5) is 28.8. The Morgan fingerprint density at radius 1 is 1.18 bits per heavy atom. The zero-order valence-electron chi connectivity index (χ0n) is 18.1. The van der Waals surface area contributed by atoms with Gasteiger partial charge < -0.3 is 14.8 Å². The molecule has 8 heteroatoms. The Bertz CT molecular complexity index is 1450. The number of benzene rings is 2. The molecule has 0 unspecified atom stereocenters. The van der Waals surface area contributed by atoms with Gasteiger partial charge in [0, 0.05) is 29.1 Å². The van der Waals surface area contributed by atoms with E-state index in [2.05, 4.69) is 10.3 Å². The van der Waals surface area contributed by atoms with Crippen LogP contribution in [0.4, 0.5) is 14.5 Å². The second kappa shape index (κ2) is 8.46. The van der Waals surface area contributed by atoms with E-state index in [0.29, 0.717) is 33.4 Å². The highest BCUT2D eigenvalue weighted by molar-refractivity contribution is 5.95. The number of carboxylic acids is 1. The standard InChI is InChI=1S/C25H20F2N2O4/c1-12-9-16(14(3)29-19-7-6-18(26)21(27)20(19)25(31)32)24-17(10-12)22(30)13(2)23(33-24)15-5-4-8-28-11-15/h4-11,14,29H,1-3H3,(H,31,32)/t14-/m1/s1. The van der Waals surface area contributed by atoms with E-state index in [-0.39, 0.29) is 11.1 Å². The number of halogens is 2. The third-order valence-electron chi connectivity index (χ3n) is 5.46. The Morgan fingerprint density at radius 2 is 1.94 bits per heavy atom. The number of nitrogens with one attached hydrogen (secondary N) is 1. The van der Waals surface area contributed by atoms with E-state index in [1.165, 1.54) is 0 Å². The first-order valence-electron chi connectivity index (χ1n) is 10.1. The third-order valence-corrected chi connectivity index (χ3v) is 5.46. The van der Waals surface area contributed by atoms with Gasteiger partial charge in [0.2, 0.25) is 0 Å². The molecule has 4 rings (SSSR count). The number of aryl methyl sites for hydroxylation is 1. The summed E-state index contributed by atoms with van der Waals surface area (Å²) in [6.45, 7) is 5.21. The molecule has 0 aliphatic rings. The van der Waals surface area contributed by atoms with Crippen molar-refractivity contribution >= 4 is 22.6 Å². The number of rotatable bonds is 5. The number of carboxylic acid groups (broad SMARTS) is 1.